The number of azo groups is 2. The van der Waals surface area contributed by atoms with Crippen LogP contribution in [0, 0.1) is 0 Å². The zero-order chi connectivity index (χ0) is 45.3. The van der Waals surface area contributed by atoms with Crippen LogP contribution in [0.2, 0.25) is 0 Å². The Kier molecular flexibility index (Phi) is 34.0. The predicted molar refractivity (Wildman–Crippen MR) is 200 cm³/mol. The molecule has 340 valence electrons. The SMILES string of the molecule is C.COc1ccc(S(=O)(=O)CCOSOO[O-])cc1N=Nc1c(SOO[O-])cc2cc(S(=O)(=O)[O-])c(N=Nc3ccc(S(=O)(=O)CCOS(=O)(=O)[O-])cc3C(=O)[O-])c(N)c2c1O.[Na+].[Na+].[Na+].[Na+].[Na+]. The Morgan fingerprint density at radius 3 is 1.85 bits per heavy atom. The first-order valence-electron chi connectivity index (χ1n) is 15.4. The number of aromatic carboxylic acids is 1. The van der Waals surface area contributed by atoms with Crippen molar-refractivity contribution in [1.82, 2.24) is 0 Å². The average Bonchev–Trinajstić information content (AvgIpc) is 3.17. The number of anilines is 1. The van der Waals surface area contributed by atoms with Crippen LogP contribution in [0.3, 0.4) is 0 Å². The number of phenols is 1. The Morgan fingerprint density at radius 2 is 1.30 bits per heavy atom. The number of carbonyl (C=O) groups excluding carboxylic acids is 1. The minimum atomic E-state index is -5.56. The second-order valence-electron chi connectivity index (χ2n) is 11.1. The normalized spacial score (nSPS) is 11.7. The van der Waals surface area contributed by atoms with Gasteiger partial charge in [-0.05, 0) is 53.9 Å². The summed E-state index contributed by atoms with van der Waals surface area (Å²) in [4.78, 5) is 9.34. The van der Waals surface area contributed by atoms with Crippen LogP contribution >= 0.6 is 24.4 Å². The molecular weight excluding hydrogens is 1080 g/mol. The molecule has 38 heteroatoms. The molecule has 0 heterocycles. The topological polar surface area (TPSA) is 429 Å². The second kappa shape index (κ2) is 31.8. The number of ether oxygens (including phenoxy) is 1. The maximum absolute atomic E-state index is 12.9. The number of carboxylic acid groups (broad SMARTS) is 1. The van der Waals surface area contributed by atoms with Crippen molar-refractivity contribution in [1.29, 1.82) is 0 Å². The summed E-state index contributed by atoms with van der Waals surface area (Å²) in [5.74, 6) is -4.83. The molecular formula is C29H26N5Na5O22S6. The summed E-state index contributed by atoms with van der Waals surface area (Å²) in [6.07, 6.45) is 0. The summed E-state index contributed by atoms with van der Waals surface area (Å²) in [6.45, 7) is -1.60. The predicted octanol–water partition coefficient (Wildman–Crippen LogP) is -14.1. The van der Waals surface area contributed by atoms with E-state index in [4.69, 9.17) is 14.7 Å². The number of phenolic OH excluding ortho intramolecular Hbond substituents is 1. The molecule has 3 N–H and O–H groups in total. The Labute approximate surface area is 501 Å². The van der Waals surface area contributed by atoms with Gasteiger partial charge in [-0.1, -0.05) is 7.43 Å². The number of carboxylic acids is 1. The first-order chi connectivity index (χ1) is 28.5. The van der Waals surface area contributed by atoms with Crippen LogP contribution in [0.5, 0.6) is 11.5 Å². The molecule has 0 aliphatic heterocycles. The summed E-state index contributed by atoms with van der Waals surface area (Å²) >= 11 is 0.170. The number of benzene rings is 4. The number of fused-ring (bicyclic) bond motifs is 1. The number of rotatable bonds is 22. The van der Waals surface area contributed by atoms with Gasteiger partial charge < -0.3 is 45.1 Å². The van der Waals surface area contributed by atoms with E-state index in [1.807, 2.05) is 0 Å². The van der Waals surface area contributed by atoms with Crippen molar-refractivity contribution in [3.63, 3.8) is 0 Å². The first-order valence-corrected chi connectivity index (χ1v) is 22.9. The summed E-state index contributed by atoms with van der Waals surface area (Å²) in [7, 11) is -18.3. The van der Waals surface area contributed by atoms with Gasteiger partial charge in [0.15, 0.2) is 37.7 Å². The second-order valence-corrected chi connectivity index (χ2v) is 18.9. The third-order valence-electron chi connectivity index (χ3n) is 7.43. The van der Waals surface area contributed by atoms with Gasteiger partial charge in [0.25, 0.3) is 0 Å². The Hall–Kier alpha value is 0.310. The van der Waals surface area contributed by atoms with Crippen molar-refractivity contribution in [2.24, 2.45) is 20.5 Å². The molecule has 0 radical (unpaired) electrons. The number of methoxy groups -OCH3 is 1. The average molecular weight is 1100 g/mol. The van der Waals surface area contributed by atoms with Crippen LogP contribution in [-0.2, 0) is 67.3 Å². The van der Waals surface area contributed by atoms with Gasteiger partial charge in [0.2, 0.25) is 10.4 Å². The molecule has 4 rings (SSSR count). The largest absolute Gasteiger partial charge is 1.00 e. The van der Waals surface area contributed by atoms with Gasteiger partial charge in [-0.2, -0.15) is 4.33 Å². The molecule has 4 aromatic carbocycles. The molecule has 0 saturated heterocycles. The quantitative estimate of drug-likeness (QED) is 0.00849. The van der Waals surface area contributed by atoms with E-state index in [0.717, 1.165) is 30.3 Å². The number of hydrogen-bond acceptors (Lipinski definition) is 29. The molecule has 27 nitrogen and oxygen atoms in total. The van der Waals surface area contributed by atoms with Crippen molar-refractivity contribution in [3.05, 3.63) is 54.1 Å². The Morgan fingerprint density at radius 1 is 0.746 bits per heavy atom. The fraction of sp³-hybridized carbons (Fsp3) is 0.207. The molecule has 4 aromatic rings. The molecule has 67 heavy (non-hydrogen) atoms. The maximum atomic E-state index is 12.9. The van der Waals surface area contributed by atoms with Crippen LogP contribution in [0.25, 0.3) is 10.8 Å². The number of aromatic hydroxyl groups is 1. The number of nitrogens with zero attached hydrogens (tertiary/aromatic N) is 4. The van der Waals surface area contributed by atoms with E-state index < -0.39 is 120 Å². The minimum Gasteiger partial charge on any atom is -0.744 e. The minimum absolute atomic E-state index is 0. The number of nitrogen functional groups attached to an aromatic ring is 1. The van der Waals surface area contributed by atoms with Crippen LogP contribution in [-0.4, -0.2) is 85.7 Å². The van der Waals surface area contributed by atoms with Crippen LogP contribution < -0.4 is 174 Å². The van der Waals surface area contributed by atoms with Gasteiger partial charge in [-0.25, -0.2) is 33.7 Å². The van der Waals surface area contributed by atoms with E-state index in [9.17, 15) is 68.3 Å². The van der Waals surface area contributed by atoms with Crippen LogP contribution in [0.4, 0.5) is 28.4 Å². The fourth-order valence-electron chi connectivity index (χ4n) is 4.81. The van der Waals surface area contributed by atoms with Gasteiger partial charge in [0.1, 0.15) is 32.9 Å². The first kappa shape index (κ1) is 71.6. The van der Waals surface area contributed by atoms with Gasteiger partial charge in [-0.3, -0.25) is 18.4 Å². The molecule has 0 aliphatic carbocycles. The van der Waals surface area contributed by atoms with Crippen molar-refractivity contribution >= 4 is 110 Å². The molecule has 0 saturated carbocycles. The monoisotopic (exact) mass is 1100 g/mol. The fourth-order valence-corrected chi connectivity index (χ4v) is 8.89. The maximum Gasteiger partial charge on any atom is 1.00 e. The third-order valence-corrected chi connectivity index (χ3v) is 13.1. The van der Waals surface area contributed by atoms with E-state index in [1.54, 1.807) is 0 Å². The summed E-state index contributed by atoms with van der Waals surface area (Å²) in [6, 6.07) is 6.98. The van der Waals surface area contributed by atoms with E-state index in [1.165, 1.54) is 13.2 Å². The molecule has 0 spiro atoms. The molecule has 0 amide bonds. The van der Waals surface area contributed by atoms with Gasteiger partial charge in [0, 0.05) is 5.56 Å². The summed E-state index contributed by atoms with van der Waals surface area (Å²) in [5, 5.41) is 64.7. The van der Waals surface area contributed by atoms with E-state index in [0.29, 0.717) is 12.1 Å². The standard InChI is InChI=1S/C28H27N5O22S6.CH4.5Na/c1-49-20-5-3-16(58(39,40)8-6-50-57-55-53-38)13-19(20)31-32-25-21(56-54-52-37)10-14-11-22(60(43,44)45)26(24(29)23(14)27(25)34)33-30-18-4-2-15(12-17(18)28(35)36)59(41,42)9-7-51-61(46,47)48;;;;;;/h2-5,10-13,34,37-38H,6-9,29H2,1H3,(H,35,36)(H,43,44,45)(H,46,47,48);1H4;;;;;/q;;5*+1/p-5. The zero-order valence-electron chi connectivity index (χ0n) is 34.8. The molecule has 0 atom stereocenters. The Balaban J connectivity index is -0.00000683. The smallest absolute Gasteiger partial charge is 0.744 e. The molecule has 0 aliphatic rings. The molecule has 0 fully saturated rings. The van der Waals surface area contributed by atoms with Gasteiger partial charge >= 0.3 is 148 Å². The van der Waals surface area contributed by atoms with E-state index >= 15 is 0 Å². The van der Waals surface area contributed by atoms with Crippen LogP contribution in [0.15, 0.2) is 88.6 Å². The van der Waals surface area contributed by atoms with E-state index in [2.05, 4.69) is 43.4 Å². The summed E-state index contributed by atoms with van der Waals surface area (Å²) in [5.41, 5.74) is 1.83. The van der Waals surface area contributed by atoms with Crippen LogP contribution in [0.1, 0.15) is 17.8 Å². The summed E-state index contributed by atoms with van der Waals surface area (Å²) < 4.78 is 142. The van der Waals surface area contributed by atoms with Crippen molar-refractivity contribution in [2.75, 3.05) is 37.6 Å². The number of carbonyl (C=O) groups is 1. The van der Waals surface area contributed by atoms with Crippen molar-refractivity contribution < 1.29 is 248 Å². The van der Waals surface area contributed by atoms with Crippen molar-refractivity contribution in [3.8, 4) is 11.5 Å². The Bertz CT molecular complexity index is 2850. The molecule has 0 unspecified atom stereocenters. The van der Waals surface area contributed by atoms with Crippen molar-refractivity contribution in [2.45, 2.75) is 27.0 Å². The number of hydrogen-bond donors (Lipinski definition) is 2. The zero-order valence-corrected chi connectivity index (χ0v) is 49.7. The van der Waals surface area contributed by atoms with E-state index in [-0.39, 0.29) is 206 Å². The molecule has 0 bridgehead atoms. The number of nitrogens with two attached hydrogens (primary N) is 1. The third kappa shape index (κ3) is 20.3. The number of sulfone groups is 2. The van der Waals surface area contributed by atoms with Gasteiger partial charge in [0.05, 0.1) is 86.2 Å². The molecule has 0 aromatic heterocycles. The van der Waals surface area contributed by atoms with Gasteiger partial charge in [-0.15, -0.1) is 24.8 Å².